The number of nitriles is 1. The minimum Gasteiger partial charge on any atom is -0.490 e. The summed E-state index contributed by atoms with van der Waals surface area (Å²) in [5, 5.41) is 12.1. The number of furan rings is 1. The molecule has 0 saturated carbocycles. The van der Waals surface area contributed by atoms with Crippen LogP contribution in [0.25, 0.3) is 6.08 Å². The van der Waals surface area contributed by atoms with E-state index in [0.717, 1.165) is 16.5 Å². The minimum absolute atomic E-state index is 0.0955. The van der Waals surface area contributed by atoms with E-state index in [9.17, 15) is 14.9 Å². The Morgan fingerprint density at radius 1 is 1.08 bits per heavy atom. The number of rotatable bonds is 11. The molecule has 186 valence electrons. The summed E-state index contributed by atoms with van der Waals surface area (Å²) in [5.74, 6) is 0.437. The van der Waals surface area contributed by atoms with Gasteiger partial charge in [0.05, 0.1) is 23.9 Å². The van der Waals surface area contributed by atoms with Crippen molar-refractivity contribution in [2.24, 2.45) is 0 Å². The topological polar surface area (TPSA) is 111 Å². The first-order chi connectivity index (χ1) is 17.4. The van der Waals surface area contributed by atoms with Crippen molar-refractivity contribution in [3.63, 3.8) is 0 Å². The first kappa shape index (κ1) is 26.6. The highest BCUT2D eigenvalue weighted by Crippen LogP contribution is 2.30. The molecule has 2 aromatic carbocycles. The lowest BCUT2D eigenvalue weighted by Crippen LogP contribution is -2.23. The largest absolute Gasteiger partial charge is 0.490 e. The molecule has 36 heavy (non-hydrogen) atoms. The number of benzene rings is 2. The van der Waals surface area contributed by atoms with E-state index in [2.05, 4.69) is 28.2 Å². The molecule has 0 aliphatic rings. The number of ether oxygens (including phenoxy) is 3. The van der Waals surface area contributed by atoms with E-state index in [1.54, 1.807) is 37.3 Å². The van der Waals surface area contributed by atoms with Crippen LogP contribution in [-0.2, 0) is 22.6 Å². The van der Waals surface area contributed by atoms with Gasteiger partial charge in [0.15, 0.2) is 18.1 Å². The van der Waals surface area contributed by atoms with Crippen LogP contribution in [0.1, 0.15) is 30.7 Å². The van der Waals surface area contributed by atoms with E-state index in [0.29, 0.717) is 29.4 Å². The minimum atomic E-state index is -0.610. The molecule has 1 heterocycles. The molecule has 0 fully saturated rings. The zero-order chi connectivity index (χ0) is 25.9. The quantitative estimate of drug-likeness (QED) is 0.150. The van der Waals surface area contributed by atoms with Crippen LogP contribution in [0.2, 0.25) is 0 Å². The van der Waals surface area contributed by atoms with Crippen LogP contribution >= 0.6 is 15.9 Å². The standard InChI is InChI=1S/C27H25BrN2O6/c1-3-18-7-9-23(22(28)13-18)35-17-26(31)36-24-10-8-19(14-25(24)33-4-2)12-20(15-29)27(32)30-16-21-6-5-11-34-21/h5-14H,3-4,16-17H2,1-2H3,(H,30,32)/b20-12+. The Morgan fingerprint density at radius 3 is 2.56 bits per heavy atom. The predicted molar refractivity (Wildman–Crippen MR) is 136 cm³/mol. The van der Waals surface area contributed by atoms with Gasteiger partial charge in [-0.1, -0.05) is 19.1 Å². The molecule has 0 aliphatic heterocycles. The zero-order valence-electron chi connectivity index (χ0n) is 19.9. The van der Waals surface area contributed by atoms with Gasteiger partial charge in [0, 0.05) is 0 Å². The average molecular weight is 553 g/mol. The summed E-state index contributed by atoms with van der Waals surface area (Å²) in [5.41, 5.74) is 1.57. The third-order valence-electron chi connectivity index (χ3n) is 4.92. The Hall–Kier alpha value is -4.03. The number of hydrogen-bond donors (Lipinski definition) is 1. The maximum absolute atomic E-state index is 12.4. The number of hydrogen-bond acceptors (Lipinski definition) is 7. The lowest BCUT2D eigenvalue weighted by Gasteiger charge is -2.13. The fraction of sp³-hybridized carbons (Fsp3) is 0.222. The number of amides is 1. The summed E-state index contributed by atoms with van der Waals surface area (Å²) < 4.78 is 22.6. The van der Waals surface area contributed by atoms with Crippen LogP contribution < -0.4 is 19.5 Å². The fourth-order valence-corrected chi connectivity index (χ4v) is 3.67. The highest BCUT2D eigenvalue weighted by molar-refractivity contribution is 9.10. The normalized spacial score (nSPS) is 10.9. The van der Waals surface area contributed by atoms with Crippen LogP contribution in [0.5, 0.6) is 17.2 Å². The van der Waals surface area contributed by atoms with Crippen molar-refractivity contribution in [3.8, 4) is 23.3 Å². The number of esters is 1. The Morgan fingerprint density at radius 2 is 1.89 bits per heavy atom. The second kappa shape index (κ2) is 13.2. The zero-order valence-corrected chi connectivity index (χ0v) is 21.5. The van der Waals surface area contributed by atoms with Crippen LogP contribution in [-0.4, -0.2) is 25.1 Å². The van der Waals surface area contributed by atoms with Crippen molar-refractivity contribution in [3.05, 3.63) is 81.7 Å². The number of nitrogens with one attached hydrogen (secondary N) is 1. The molecular formula is C27H25BrN2O6. The SMILES string of the molecule is CCOc1cc(/C=C(\C#N)C(=O)NCc2ccco2)ccc1OC(=O)COc1ccc(CC)cc1Br. The molecular weight excluding hydrogens is 528 g/mol. The van der Waals surface area contributed by atoms with Crippen molar-refractivity contribution >= 4 is 33.9 Å². The Bertz CT molecular complexity index is 1280. The van der Waals surface area contributed by atoms with Crippen LogP contribution in [0.4, 0.5) is 0 Å². The van der Waals surface area contributed by atoms with E-state index in [-0.39, 0.29) is 24.5 Å². The predicted octanol–water partition coefficient (Wildman–Crippen LogP) is 5.21. The van der Waals surface area contributed by atoms with Gasteiger partial charge in [-0.25, -0.2) is 4.79 Å². The first-order valence-corrected chi connectivity index (χ1v) is 12.0. The lowest BCUT2D eigenvalue weighted by molar-refractivity contribution is -0.136. The van der Waals surface area contributed by atoms with Crippen LogP contribution in [0.3, 0.4) is 0 Å². The summed E-state index contributed by atoms with van der Waals surface area (Å²) in [4.78, 5) is 24.8. The van der Waals surface area contributed by atoms with Gasteiger partial charge in [0.2, 0.25) is 0 Å². The van der Waals surface area contributed by atoms with E-state index in [1.165, 1.54) is 18.4 Å². The molecule has 0 spiro atoms. The van der Waals surface area contributed by atoms with Gasteiger partial charge in [-0.05, 0) is 82.9 Å². The van der Waals surface area contributed by atoms with Gasteiger partial charge in [-0.15, -0.1) is 0 Å². The fourth-order valence-electron chi connectivity index (χ4n) is 3.13. The average Bonchev–Trinajstić information content (AvgIpc) is 3.40. The lowest BCUT2D eigenvalue weighted by atomic mass is 10.1. The molecule has 1 N–H and O–H groups in total. The molecule has 8 nitrogen and oxygen atoms in total. The van der Waals surface area contributed by atoms with Gasteiger partial charge in [-0.3, -0.25) is 4.79 Å². The first-order valence-electron chi connectivity index (χ1n) is 11.2. The Labute approximate surface area is 217 Å². The van der Waals surface area contributed by atoms with Gasteiger partial charge in [0.25, 0.3) is 5.91 Å². The monoisotopic (exact) mass is 552 g/mol. The number of nitrogens with zero attached hydrogens (tertiary/aromatic N) is 1. The van der Waals surface area contributed by atoms with Gasteiger partial charge in [0.1, 0.15) is 23.2 Å². The second-order valence-electron chi connectivity index (χ2n) is 7.45. The summed E-state index contributed by atoms with van der Waals surface area (Å²) >= 11 is 3.44. The molecule has 1 amide bonds. The third-order valence-corrected chi connectivity index (χ3v) is 5.54. The molecule has 0 unspecified atom stereocenters. The Balaban J connectivity index is 1.67. The molecule has 0 radical (unpaired) electrons. The summed E-state index contributed by atoms with van der Waals surface area (Å²) in [7, 11) is 0. The number of halogens is 1. The van der Waals surface area contributed by atoms with Crippen molar-refractivity contribution in [2.75, 3.05) is 13.2 Å². The van der Waals surface area contributed by atoms with Crippen molar-refractivity contribution in [1.29, 1.82) is 5.26 Å². The maximum atomic E-state index is 12.4. The third kappa shape index (κ3) is 7.48. The highest BCUT2D eigenvalue weighted by atomic mass is 79.9. The Kier molecular flexibility index (Phi) is 9.72. The maximum Gasteiger partial charge on any atom is 0.349 e. The van der Waals surface area contributed by atoms with E-state index in [4.69, 9.17) is 18.6 Å². The second-order valence-corrected chi connectivity index (χ2v) is 8.31. The van der Waals surface area contributed by atoms with Gasteiger partial charge < -0.3 is 23.9 Å². The molecule has 0 aliphatic carbocycles. The molecule has 1 aromatic heterocycles. The van der Waals surface area contributed by atoms with Crippen molar-refractivity contribution < 1.29 is 28.2 Å². The number of carbonyl (C=O) groups excluding carboxylic acids is 2. The molecule has 0 bridgehead atoms. The molecule has 0 atom stereocenters. The number of carbonyl (C=O) groups is 2. The highest BCUT2D eigenvalue weighted by Gasteiger charge is 2.15. The molecule has 9 heteroatoms. The van der Waals surface area contributed by atoms with E-state index < -0.39 is 11.9 Å². The van der Waals surface area contributed by atoms with Crippen LogP contribution in [0.15, 0.2) is 69.3 Å². The summed E-state index contributed by atoms with van der Waals surface area (Å²) in [6.07, 6.45) is 3.81. The molecule has 3 aromatic rings. The smallest absolute Gasteiger partial charge is 0.349 e. The molecule has 3 rings (SSSR count). The van der Waals surface area contributed by atoms with E-state index >= 15 is 0 Å². The number of aryl methyl sites for hydroxylation is 1. The summed E-state index contributed by atoms with van der Waals surface area (Å²) in [6, 6.07) is 15.7. The van der Waals surface area contributed by atoms with Crippen LogP contribution in [0, 0.1) is 11.3 Å². The van der Waals surface area contributed by atoms with Crippen molar-refractivity contribution in [2.45, 2.75) is 26.8 Å². The van der Waals surface area contributed by atoms with Gasteiger partial charge in [-0.2, -0.15) is 5.26 Å². The summed E-state index contributed by atoms with van der Waals surface area (Å²) in [6.45, 7) is 4.02. The van der Waals surface area contributed by atoms with E-state index in [1.807, 2.05) is 18.2 Å². The van der Waals surface area contributed by atoms with Gasteiger partial charge >= 0.3 is 5.97 Å². The van der Waals surface area contributed by atoms with Crippen molar-refractivity contribution in [1.82, 2.24) is 5.32 Å². The molecule has 0 saturated heterocycles.